The smallest absolute Gasteiger partial charge is 0.389 e. The summed E-state index contributed by atoms with van der Waals surface area (Å²) in [6.45, 7) is 2.23. The van der Waals surface area contributed by atoms with Crippen molar-refractivity contribution in [2.75, 3.05) is 13.7 Å². The van der Waals surface area contributed by atoms with Gasteiger partial charge in [-0.3, -0.25) is 0 Å². The lowest BCUT2D eigenvalue weighted by molar-refractivity contribution is -0.136. The standard InChI is InChI=1S/C13H16Cl2F3NO/c1-3-20-12-7-9(14)8(6-10(12)15)11(19-2)4-5-13(16,17)18/h6-7,11,19H,3-5H2,1-2H3. The summed E-state index contributed by atoms with van der Waals surface area (Å²) in [6, 6.07) is 2.56. The van der Waals surface area contributed by atoms with Crippen LogP contribution >= 0.6 is 23.2 Å². The van der Waals surface area contributed by atoms with Crippen molar-refractivity contribution >= 4 is 23.2 Å². The van der Waals surface area contributed by atoms with Crippen LogP contribution in [0.3, 0.4) is 0 Å². The van der Waals surface area contributed by atoms with Gasteiger partial charge in [0.2, 0.25) is 0 Å². The van der Waals surface area contributed by atoms with Gasteiger partial charge in [0.1, 0.15) is 5.75 Å². The van der Waals surface area contributed by atoms with Crippen LogP contribution < -0.4 is 10.1 Å². The highest BCUT2D eigenvalue weighted by Crippen LogP contribution is 2.36. The van der Waals surface area contributed by atoms with E-state index in [0.717, 1.165) is 0 Å². The largest absolute Gasteiger partial charge is 0.492 e. The molecular weight excluding hydrogens is 314 g/mol. The van der Waals surface area contributed by atoms with Crippen molar-refractivity contribution in [3.05, 3.63) is 27.7 Å². The molecule has 0 saturated carbocycles. The van der Waals surface area contributed by atoms with Crippen LogP contribution in [0.4, 0.5) is 13.2 Å². The fourth-order valence-electron chi connectivity index (χ4n) is 1.84. The van der Waals surface area contributed by atoms with E-state index in [0.29, 0.717) is 28.0 Å². The number of nitrogens with one attached hydrogen (secondary N) is 1. The van der Waals surface area contributed by atoms with Crippen LogP contribution in [0, 0.1) is 0 Å². The third kappa shape index (κ3) is 5.04. The van der Waals surface area contributed by atoms with E-state index in [1.54, 1.807) is 20.0 Å². The minimum Gasteiger partial charge on any atom is -0.492 e. The van der Waals surface area contributed by atoms with Gasteiger partial charge in [-0.05, 0) is 32.0 Å². The molecule has 2 nitrogen and oxygen atoms in total. The Morgan fingerprint density at radius 1 is 1.25 bits per heavy atom. The Morgan fingerprint density at radius 2 is 1.90 bits per heavy atom. The Kier molecular flexibility index (Phi) is 6.43. The highest BCUT2D eigenvalue weighted by atomic mass is 35.5. The average molecular weight is 330 g/mol. The zero-order valence-electron chi connectivity index (χ0n) is 11.2. The summed E-state index contributed by atoms with van der Waals surface area (Å²) in [6.07, 6.45) is -5.19. The molecule has 1 aromatic carbocycles. The van der Waals surface area contributed by atoms with Crippen LogP contribution in [0.25, 0.3) is 0 Å². The summed E-state index contributed by atoms with van der Waals surface area (Å²) in [4.78, 5) is 0. The van der Waals surface area contributed by atoms with Crippen molar-refractivity contribution in [3.63, 3.8) is 0 Å². The topological polar surface area (TPSA) is 21.3 Å². The maximum absolute atomic E-state index is 12.3. The summed E-state index contributed by atoms with van der Waals surface area (Å²) in [5.41, 5.74) is 0.534. The van der Waals surface area contributed by atoms with Gasteiger partial charge < -0.3 is 10.1 Å². The quantitative estimate of drug-likeness (QED) is 0.793. The number of ether oxygens (including phenoxy) is 1. The molecule has 1 rings (SSSR count). The monoisotopic (exact) mass is 329 g/mol. The molecule has 1 aromatic rings. The molecule has 20 heavy (non-hydrogen) atoms. The zero-order chi connectivity index (χ0) is 15.3. The highest BCUT2D eigenvalue weighted by Gasteiger charge is 2.29. The lowest BCUT2D eigenvalue weighted by Crippen LogP contribution is -2.20. The second-order valence-corrected chi connectivity index (χ2v) is 5.05. The van der Waals surface area contributed by atoms with Gasteiger partial charge in [0.25, 0.3) is 0 Å². The molecule has 0 aliphatic carbocycles. The summed E-state index contributed by atoms with van der Waals surface area (Å²) in [5.74, 6) is 0.425. The second kappa shape index (κ2) is 7.38. The van der Waals surface area contributed by atoms with E-state index < -0.39 is 18.6 Å². The lowest BCUT2D eigenvalue weighted by atomic mass is 10.0. The molecule has 0 aromatic heterocycles. The molecule has 0 saturated heterocycles. The predicted octanol–water partition coefficient (Wildman–Crippen LogP) is 5.00. The van der Waals surface area contributed by atoms with E-state index in [4.69, 9.17) is 27.9 Å². The molecular formula is C13H16Cl2F3NO. The first kappa shape index (κ1) is 17.4. The fourth-order valence-corrected chi connectivity index (χ4v) is 2.35. The Labute approximate surface area is 126 Å². The van der Waals surface area contributed by atoms with Gasteiger partial charge in [0.05, 0.1) is 11.6 Å². The molecule has 0 bridgehead atoms. The van der Waals surface area contributed by atoms with E-state index in [1.165, 1.54) is 6.07 Å². The summed E-state index contributed by atoms with van der Waals surface area (Å²) in [5, 5.41) is 3.49. The number of hydrogen-bond acceptors (Lipinski definition) is 2. The van der Waals surface area contributed by atoms with E-state index in [1.807, 2.05) is 0 Å². The molecule has 1 atom stereocenters. The average Bonchev–Trinajstić information content (AvgIpc) is 2.34. The summed E-state index contributed by atoms with van der Waals surface area (Å²) < 4.78 is 42.2. The van der Waals surface area contributed by atoms with Crippen molar-refractivity contribution in [2.24, 2.45) is 0 Å². The normalized spacial score (nSPS) is 13.3. The van der Waals surface area contributed by atoms with Gasteiger partial charge in [-0.2, -0.15) is 13.2 Å². The van der Waals surface area contributed by atoms with Crippen LogP contribution in [0.1, 0.15) is 31.4 Å². The van der Waals surface area contributed by atoms with Crippen molar-refractivity contribution in [1.29, 1.82) is 0 Å². The van der Waals surface area contributed by atoms with Gasteiger partial charge in [-0.25, -0.2) is 0 Å². The van der Waals surface area contributed by atoms with Crippen molar-refractivity contribution < 1.29 is 17.9 Å². The van der Waals surface area contributed by atoms with Crippen molar-refractivity contribution in [2.45, 2.75) is 32.0 Å². The third-order valence-electron chi connectivity index (χ3n) is 2.79. The Hall–Kier alpha value is -0.650. The Morgan fingerprint density at radius 3 is 2.40 bits per heavy atom. The zero-order valence-corrected chi connectivity index (χ0v) is 12.7. The molecule has 114 valence electrons. The van der Waals surface area contributed by atoms with Crippen LogP contribution in [0.15, 0.2) is 12.1 Å². The minimum absolute atomic E-state index is 0.107. The molecule has 1 unspecified atom stereocenters. The van der Waals surface area contributed by atoms with Gasteiger partial charge in [0, 0.05) is 23.6 Å². The van der Waals surface area contributed by atoms with Crippen LogP contribution in [0.5, 0.6) is 5.75 Å². The van der Waals surface area contributed by atoms with Gasteiger partial charge in [-0.15, -0.1) is 0 Å². The first-order chi connectivity index (χ1) is 9.28. The van der Waals surface area contributed by atoms with Gasteiger partial charge >= 0.3 is 6.18 Å². The highest BCUT2D eigenvalue weighted by molar-refractivity contribution is 6.34. The van der Waals surface area contributed by atoms with E-state index in [9.17, 15) is 13.2 Å². The van der Waals surface area contributed by atoms with Crippen molar-refractivity contribution in [1.82, 2.24) is 5.32 Å². The maximum Gasteiger partial charge on any atom is 0.389 e. The maximum atomic E-state index is 12.3. The third-order valence-corrected chi connectivity index (χ3v) is 3.41. The van der Waals surface area contributed by atoms with E-state index in [2.05, 4.69) is 5.32 Å². The van der Waals surface area contributed by atoms with Gasteiger partial charge in [-0.1, -0.05) is 23.2 Å². The summed E-state index contributed by atoms with van der Waals surface area (Å²) >= 11 is 12.1. The summed E-state index contributed by atoms with van der Waals surface area (Å²) in [7, 11) is 1.59. The van der Waals surface area contributed by atoms with Crippen molar-refractivity contribution in [3.8, 4) is 5.75 Å². The molecule has 1 N–H and O–H groups in total. The molecule has 0 amide bonds. The Balaban J connectivity index is 2.95. The predicted molar refractivity (Wildman–Crippen MR) is 74.7 cm³/mol. The molecule has 0 aliphatic heterocycles. The van der Waals surface area contributed by atoms with E-state index in [-0.39, 0.29) is 6.42 Å². The number of halogens is 5. The molecule has 0 aliphatic rings. The van der Waals surface area contributed by atoms with Crippen LogP contribution in [-0.4, -0.2) is 19.8 Å². The second-order valence-electron chi connectivity index (χ2n) is 4.23. The lowest BCUT2D eigenvalue weighted by Gasteiger charge is -2.20. The van der Waals surface area contributed by atoms with E-state index >= 15 is 0 Å². The fraction of sp³-hybridized carbons (Fsp3) is 0.538. The molecule has 0 fully saturated rings. The van der Waals surface area contributed by atoms with Crippen LogP contribution in [-0.2, 0) is 0 Å². The van der Waals surface area contributed by atoms with Crippen LogP contribution in [0.2, 0.25) is 10.0 Å². The number of benzene rings is 1. The molecule has 0 radical (unpaired) electrons. The number of rotatable bonds is 6. The van der Waals surface area contributed by atoms with Gasteiger partial charge in [0.15, 0.2) is 0 Å². The Bertz CT molecular complexity index is 452. The molecule has 0 heterocycles. The SMILES string of the molecule is CCOc1cc(Cl)c(C(CCC(F)(F)F)NC)cc1Cl. The first-order valence-corrected chi connectivity index (χ1v) is 6.89. The minimum atomic E-state index is -4.20. The molecule has 0 spiro atoms. The molecule has 7 heteroatoms. The number of alkyl halides is 3. The number of hydrogen-bond donors (Lipinski definition) is 1. The first-order valence-electron chi connectivity index (χ1n) is 6.14.